The summed E-state index contributed by atoms with van der Waals surface area (Å²) in [4.78, 5) is 5.31. The Kier molecular flexibility index (Phi) is 3.83. The molecule has 0 unspecified atom stereocenters. The predicted molar refractivity (Wildman–Crippen MR) is 60.6 cm³/mol. The molecule has 1 aliphatic rings. The maximum atomic E-state index is 3.99. The summed E-state index contributed by atoms with van der Waals surface area (Å²) in [5.74, 6) is 2.14. The van der Waals surface area contributed by atoms with Gasteiger partial charge in [-0.25, -0.2) is 0 Å². The molecule has 0 spiro atoms. The molecule has 2 nitrogen and oxygen atoms in total. The van der Waals surface area contributed by atoms with E-state index in [1.165, 1.54) is 24.3 Å². The fourth-order valence-corrected chi connectivity index (χ4v) is 2.10. The molecule has 0 saturated heterocycles. The monoisotopic (exact) mass is 208 g/mol. The first kappa shape index (κ1) is 9.99. The lowest BCUT2D eigenvalue weighted by atomic mass is 10.4. The van der Waals surface area contributed by atoms with Crippen molar-refractivity contribution in [2.45, 2.75) is 17.7 Å². The Hall–Kier alpha value is -0.540. The smallest absolute Gasteiger partial charge is 0.0278 e. The Labute approximate surface area is 89.5 Å². The Balaban J connectivity index is 1.54. The number of rotatable bonds is 6. The number of nitrogens with zero attached hydrogens (tertiary/aromatic N) is 1. The highest BCUT2D eigenvalue weighted by atomic mass is 32.2. The number of hydrogen-bond donors (Lipinski definition) is 1. The molecule has 1 fully saturated rings. The van der Waals surface area contributed by atoms with Crippen molar-refractivity contribution in [2.75, 3.05) is 18.8 Å². The molecule has 76 valence electrons. The zero-order valence-electron chi connectivity index (χ0n) is 8.28. The average molecular weight is 208 g/mol. The maximum Gasteiger partial charge on any atom is 0.0278 e. The van der Waals surface area contributed by atoms with Gasteiger partial charge in [-0.15, -0.1) is 11.8 Å². The third-order valence-electron chi connectivity index (χ3n) is 2.33. The first-order valence-electron chi connectivity index (χ1n) is 5.19. The SMILES string of the molecule is c1cc(SCCNCC2CC2)ccn1. The number of thioether (sulfide) groups is 1. The molecule has 2 rings (SSSR count). The normalized spacial score (nSPS) is 15.7. The minimum atomic E-state index is 0.987. The number of hydrogen-bond acceptors (Lipinski definition) is 3. The van der Waals surface area contributed by atoms with Gasteiger partial charge in [0.15, 0.2) is 0 Å². The first-order valence-corrected chi connectivity index (χ1v) is 6.17. The van der Waals surface area contributed by atoms with Crippen LogP contribution < -0.4 is 5.32 Å². The van der Waals surface area contributed by atoms with Gasteiger partial charge < -0.3 is 5.32 Å². The van der Waals surface area contributed by atoms with Crippen molar-refractivity contribution in [3.8, 4) is 0 Å². The van der Waals surface area contributed by atoms with Gasteiger partial charge in [-0.2, -0.15) is 0 Å². The summed E-state index contributed by atoms with van der Waals surface area (Å²) in [6, 6.07) is 4.12. The van der Waals surface area contributed by atoms with Crippen LogP contribution in [0.15, 0.2) is 29.4 Å². The van der Waals surface area contributed by atoms with E-state index >= 15 is 0 Å². The standard InChI is InChI=1S/C11H16N2S/c1-2-10(1)9-13-7-8-14-11-3-5-12-6-4-11/h3-6,10,13H,1-2,7-9H2. The van der Waals surface area contributed by atoms with Crippen molar-refractivity contribution in [3.63, 3.8) is 0 Å². The minimum Gasteiger partial charge on any atom is -0.316 e. The van der Waals surface area contributed by atoms with Gasteiger partial charge in [0.1, 0.15) is 0 Å². The van der Waals surface area contributed by atoms with Crippen LogP contribution >= 0.6 is 11.8 Å². The van der Waals surface area contributed by atoms with Crippen LogP contribution in [0, 0.1) is 5.92 Å². The van der Waals surface area contributed by atoms with Crippen LogP contribution in [-0.2, 0) is 0 Å². The Morgan fingerprint density at radius 2 is 2.14 bits per heavy atom. The molecule has 1 saturated carbocycles. The van der Waals surface area contributed by atoms with Crippen molar-refractivity contribution in [3.05, 3.63) is 24.5 Å². The molecular weight excluding hydrogens is 192 g/mol. The van der Waals surface area contributed by atoms with Gasteiger partial charge in [0.05, 0.1) is 0 Å². The fraction of sp³-hybridized carbons (Fsp3) is 0.545. The lowest BCUT2D eigenvalue weighted by molar-refractivity contribution is 0.666. The van der Waals surface area contributed by atoms with Gasteiger partial charge in [-0.3, -0.25) is 4.98 Å². The van der Waals surface area contributed by atoms with E-state index in [1.807, 2.05) is 24.2 Å². The van der Waals surface area contributed by atoms with Crippen LogP contribution in [0.5, 0.6) is 0 Å². The zero-order valence-corrected chi connectivity index (χ0v) is 9.09. The molecular formula is C11H16N2S. The highest BCUT2D eigenvalue weighted by molar-refractivity contribution is 7.99. The second-order valence-electron chi connectivity index (χ2n) is 3.68. The molecule has 1 aromatic heterocycles. The molecule has 0 bridgehead atoms. The fourth-order valence-electron chi connectivity index (χ4n) is 1.30. The molecule has 3 heteroatoms. The molecule has 0 amide bonds. The van der Waals surface area contributed by atoms with E-state index in [1.54, 1.807) is 0 Å². The Bertz CT molecular complexity index is 259. The van der Waals surface area contributed by atoms with Gasteiger partial charge in [-0.05, 0) is 37.4 Å². The van der Waals surface area contributed by atoms with Crippen LogP contribution in [-0.4, -0.2) is 23.8 Å². The predicted octanol–water partition coefficient (Wildman–Crippen LogP) is 2.17. The second kappa shape index (κ2) is 5.37. The zero-order chi connectivity index (χ0) is 9.64. The molecule has 1 aliphatic carbocycles. The van der Waals surface area contributed by atoms with Crippen molar-refractivity contribution in [1.29, 1.82) is 0 Å². The third kappa shape index (κ3) is 3.68. The van der Waals surface area contributed by atoms with Crippen LogP contribution in [0.4, 0.5) is 0 Å². The van der Waals surface area contributed by atoms with E-state index in [2.05, 4.69) is 22.4 Å². The van der Waals surface area contributed by atoms with Gasteiger partial charge in [0.2, 0.25) is 0 Å². The van der Waals surface area contributed by atoms with Crippen LogP contribution in [0.25, 0.3) is 0 Å². The maximum absolute atomic E-state index is 3.99. The highest BCUT2D eigenvalue weighted by Gasteiger charge is 2.19. The van der Waals surface area contributed by atoms with Crippen LogP contribution in [0.1, 0.15) is 12.8 Å². The molecule has 0 aromatic carbocycles. The largest absolute Gasteiger partial charge is 0.316 e. The molecule has 0 aliphatic heterocycles. The van der Waals surface area contributed by atoms with E-state index in [9.17, 15) is 0 Å². The molecule has 0 atom stereocenters. The molecule has 14 heavy (non-hydrogen) atoms. The molecule has 0 radical (unpaired) electrons. The van der Waals surface area contributed by atoms with Crippen LogP contribution in [0.2, 0.25) is 0 Å². The quantitative estimate of drug-likeness (QED) is 0.573. The van der Waals surface area contributed by atoms with Gasteiger partial charge >= 0.3 is 0 Å². The van der Waals surface area contributed by atoms with E-state index in [-0.39, 0.29) is 0 Å². The van der Waals surface area contributed by atoms with Crippen molar-refractivity contribution < 1.29 is 0 Å². The van der Waals surface area contributed by atoms with E-state index in [0.717, 1.165) is 18.2 Å². The van der Waals surface area contributed by atoms with E-state index in [0.29, 0.717) is 0 Å². The Morgan fingerprint density at radius 3 is 2.86 bits per heavy atom. The summed E-state index contributed by atoms with van der Waals surface area (Å²) in [5, 5.41) is 3.48. The van der Waals surface area contributed by atoms with Gasteiger partial charge in [-0.1, -0.05) is 0 Å². The highest BCUT2D eigenvalue weighted by Crippen LogP contribution is 2.27. The molecule has 1 heterocycles. The number of pyridine rings is 1. The Morgan fingerprint density at radius 1 is 1.36 bits per heavy atom. The van der Waals surface area contributed by atoms with E-state index < -0.39 is 0 Å². The summed E-state index contributed by atoms with van der Waals surface area (Å²) in [6.45, 7) is 2.33. The number of aromatic nitrogens is 1. The minimum absolute atomic E-state index is 0.987. The average Bonchev–Trinajstić information content (AvgIpc) is 3.03. The molecule has 1 aromatic rings. The van der Waals surface area contributed by atoms with Crippen molar-refractivity contribution in [1.82, 2.24) is 10.3 Å². The number of nitrogens with one attached hydrogen (secondary N) is 1. The second-order valence-corrected chi connectivity index (χ2v) is 4.85. The molecule has 1 N–H and O–H groups in total. The van der Waals surface area contributed by atoms with Crippen molar-refractivity contribution in [2.24, 2.45) is 5.92 Å². The summed E-state index contributed by atoms with van der Waals surface area (Å²) in [5.41, 5.74) is 0. The van der Waals surface area contributed by atoms with E-state index in [4.69, 9.17) is 0 Å². The summed E-state index contributed by atoms with van der Waals surface area (Å²) >= 11 is 1.89. The first-order chi connectivity index (χ1) is 6.95. The summed E-state index contributed by atoms with van der Waals surface area (Å²) < 4.78 is 0. The van der Waals surface area contributed by atoms with Crippen LogP contribution in [0.3, 0.4) is 0 Å². The van der Waals surface area contributed by atoms with Gasteiger partial charge in [0, 0.05) is 29.6 Å². The summed E-state index contributed by atoms with van der Waals surface area (Å²) in [6.07, 6.45) is 6.56. The van der Waals surface area contributed by atoms with Gasteiger partial charge in [0.25, 0.3) is 0 Å². The van der Waals surface area contributed by atoms with Crippen molar-refractivity contribution >= 4 is 11.8 Å². The summed E-state index contributed by atoms with van der Waals surface area (Å²) in [7, 11) is 0. The lowest BCUT2D eigenvalue weighted by Gasteiger charge is -2.02. The lowest BCUT2D eigenvalue weighted by Crippen LogP contribution is -2.19. The third-order valence-corrected chi connectivity index (χ3v) is 3.34. The topological polar surface area (TPSA) is 24.9 Å².